The molecule has 0 amide bonds. The first-order valence-corrected chi connectivity index (χ1v) is 7.93. The number of hydrogen-bond donors (Lipinski definition) is 0. The molecule has 5 nitrogen and oxygen atoms in total. The van der Waals surface area contributed by atoms with Crippen molar-refractivity contribution in [2.24, 2.45) is 0 Å². The lowest BCUT2D eigenvalue weighted by Crippen LogP contribution is -2.05. The third-order valence-electron chi connectivity index (χ3n) is 4.11. The van der Waals surface area contributed by atoms with E-state index >= 15 is 0 Å². The number of hydrogen-bond acceptors (Lipinski definition) is 4. The molecule has 4 aromatic rings. The fraction of sp³-hybridized carbons (Fsp3) is 0.158. The number of fused-ring (bicyclic) bond motifs is 2. The topological polar surface area (TPSA) is 67.4 Å². The van der Waals surface area contributed by atoms with Crippen molar-refractivity contribution in [1.29, 1.82) is 5.26 Å². The summed E-state index contributed by atoms with van der Waals surface area (Å²) in [6.07, 6.45) is 3.88. The summed E-state index contributed by atoms with van der Waals surface area (Å²) in [5.74, 6) is 0. The van der Waals surface area contributed by atoms with Crippen LogP contribution in [-0.4, -0.2) is 20.0 Å². The molecule has 116 valence electrons. The van der Waals surface area contributed by atoms with Gasteiger partial charge in [0.15, 0.2) is 0 Å². The monoisotopic (exact) mass is 313 g/mol. The molecule has 4 rings (SSSR count). The maximum Gasteiger partial charge on any atom is 0.0854 e. The van der Waals surface area contributed by atoms with Gasteiger partial charge >= 0.3 is 0 Å². The van der Waals surface area contributed by atoms with Gasteiger partial charge < -0.3 is 0 Å². The van der Waals surface area contributed by atoms with Crippen LogP contribution in [0.4, 0.5) is 0 Å². The summed E-state index contributed by atoms with van der Waals surface area (Å²) in [7, 11) is 0. The van der Waals surface area contributed by atoms with Gasteiger partial charge in [0.1, 0.15) is 0 Å². The van der Waals surface area contributed by atoms with E-state index in [-0.39, 0.29) is 0 Å². The maximum atomic E-state index is 8.77. The molecule has 0 bridgehead atoms. The zero-order valence-electron chi connectivity index (χ0n) is 13.1. The SMILES string of the molecule is N#CCCCc1cnnn1-c1c2ccccc2nc2ccccc12. The van der Waals surface area contributed by atoms with Gasteiger partial charge in [-0.05, 0) is 25.0 Å². The van der Waals surface area contributed by atoms with E-state index in [1.54, 1.807) is 6.20 Å². The standard InChI is InChI=1S/C19H15N5/c20-12-6-5-7-14-13-21-23-24(14)19-15-8-1-3-10-17(15)22-18-11-4-2-9-16(18)19/h1-4,8-11,13H,5-7H2. The molecule has 2 aromatic heterocycles. The van der Waals surface area contributed by atoms with Crippen molar-refractivity contribution in [3.8, 4) is 11.8 Å². The highest BCUT2D eigenvalue weighted by molar-refractivity contribution is 6.03. The fourth-order valence-corrected chi connectivity index (χ4v) is 3.01. The normalized spacial score (nSPS) is 11.0. The number of unbranched alkanes of at least 4 members (excludes halogenated alkanes) is 1. The first kappa shape index (κ1) is 14.3. The second-order valence-electron chi connectivity index (χ2n) is 5.64. The molecule has 0 N–H and O–H groups in total. The van der Waals surface area contributed by atoms with Gasteiger partial charge in [0, 0.05) is 17.2 Å². The van der Waals surface area contributed by atoms with Gasteiger partial charge in [-0.25, -0.2) is 9.67 Å². The molecule has 0 spiro atoms. The lowest BCUT2D eigenvalue weighted by molar-refractivity contribution is 0.738. The second kappa shape index (κ2) is 6.09. The smallest absolute Gasteiger partial charge is 0.0854 e. The van der Waals surface area contributed by atoms with Crippen molar-refractivity contribution in [1.82, 2.24) is 20.0 Å². The Morgan fingerprint density at radius 2 is 1.62 bits per heavy atom. The highest BCUT2D eigenvalue weighted by Gasteiger charge is 2.14. The first-order valence-electron chi connectivity index (χ1n) is 7.93. The molecule has 2 aromatic carbocycles. The van der Waals surface area contributed by atoms with Crippen molar-refractivity contribution in [3.05, 3.63) is 60.4 Å². The van der Waals surface area contributed by atoms with E-state index in [0.29, 0.717) is 6.42 Å². The Balaban J connectivity index is 1.98. The molecule has 5 heteroatoms. The van der Waals surface area contributed by atoms with Crippen LogP contribution in [0.2, 0.25) is 0 Å². The average molecular weight is 313 g/mol. The Kier molecular flexibility index (Phi) is 3.64. The van der Waals surface area contributed by atoms with Crippen LogP contribution in [0, 0.1) is 11.3 Å². The van der Waals surface area contributed by atoms with Crippen LogP contribution in [0.3, 0.4) is 0 Å². The summed E-state index contributed by atoms with van der Waals surface area (Å²) in [6, 6.07) is 18.3. The minimum absolute atomic E-state index is 0.531. The molecule has 0 saturated carbocycles. The van der Waals surface area contributed by atoms with Crippen LogP contribution in [-0.2, 0) is 6.42 Å². The molecule has 0 aliphatic rings. The molecule has 24 heavy (non-hydrogen) atoms. The van der Waals surface area contributed by atoms with E-state index in [9.17, 15) is 0 Å². The zero-order chi connectivity index (χ0) is 16.4. The molecule has 0 unspecified atom stereocenters. The molecule has 2 heterocycles. The average Bonchev–Trinajstić information content (AvgIpc) is 3.08. The van der Waals surface area contributed by atoms with Crippen LogP contribution < -0.4 is 0 Å². The van der Waals surface area contributed by atoms with Gasteiger partial charge in [0.05, 0.1) is 34.7 Å². The number of pyridine rings is 1. The van der Waals surface area contributed by atoms with Crippen molar-refractivity contribution in [2.75, 3.05) is 0 Å². The predicted molar refractivity (Wildman–Crippen MR) is 92.7 cm³/mol. The van der Waals surface area contributed by atoms with Crippen molar-refractivity contribution >= 4 is 21.8 Å². The molecule has 0 aliphatic heterocycles. The summed E-state index contributed by atoms with van der Waals surface area (Å²) in [6.45, 7) is 0. The number of aryl methyl sites for hydroxylation is 1. The van der Waals surface area contributed by atoms with E-state index in [1.807, 2.05) is 41.1 Å². The number of aromatic nitrogens is 4. The molecular weight excluding hydrogens is 298 g/mol. The van der Waals surface area contributed by atoms with Crippen molar-refractivity contribution in [2.45, 2.75) is 19.3 Å². The number of benzene rings is 2. The Labute approximate surface area is 139 Å². The van der Waals surface area contributed by atoms with Gasteiger partial charge in [0.2, 0.25) is 0 Å². The van der Waals surface area contributed by atoms with Gasteiger partial charge in [0.25, 0.3) is 0 Å². The summed E-state index contributed by atoms with van der Waals surface area (Å²) in [5.41, 5.74) is 3.88. The van der Waals surface area contributed by atoms with Crippen LogP contribution in [0.5, 0.6) is 0 Å². The summed E-state index contributed by atoms with van der Waals surface area (Å²) in [5, 5.41) is 19.3. The van der Waals surface area contributed by atoms with E-state index < -0.39 is 0 Å². The molecule has 0 fully saturated rings. The van der Waals surface area contributed by atoms with E-state index in [1.165, 1.54) is 0 Å². The van der Waals surface area contributed by atoms with Gasteiger partial charge in [-0.1, -0.05) is 41.6 Å². The molecule has 0 atom stereocenters. The molecule has 0 saturated heterocycles. The van der Waals surface area contributed by atoms with Crippen LogP contribution in [0.25, 0.3) is 27.5 Å². The molecule has 0 aliphatic carbocycles. The minimum atomic E-state index is 0.531. The van der Waals surface area contributed by atoms with Gasteiger partial charge in [-0.3, -0.25) is 0 Å². The maximum absolute atomic E-state index is 8.77. The van der Waals surface area contributed by atoms with E-state index in [0.717, 1.165) is 46.0 Å². The Bertz CT molecular complexity index is 1000. The van der Waals surface area contributed by atoms with E-state index in [4.69, 9.17) is 10.2 Å². The van der Waals surface area contributed by atoms with Crippen LogP contribution in [0.1, 0.15) is 18.5 Å². The highest BCUT2D eigenvalue weighted by Crippen LogP contribution is 2.29. The number of para-hydroxylation sites is 2. The fourth-order valence-electron chi connectivity index (χ4n) is 3.01. The quantitative estimate of drug-likeness (QED) is 0.424. The zero-order valence-corrected chi connectivity index (χ0v) is 13.1. The Hall–Kier alpha value is -3.26. The van der Waals surface area contributed by atoms with Crippen molar-refractivity contribution < 1.29 is 0 Å². The largest absolute Gasteiger partial charge is 0.248 e. The third kappa shape index (κ3) is 2.38. The van der Waals surface area contributed by atoms with Crippen LogP contribution in [0.15, 0.2) is 54.7 Å². The van der Waals surface area contributed by atoms with Crippen molar-refractivity contribution in [3.63, 3.8) is 0 Å². The van der Waals surface area contributed by atoms with Crippen LogP contribution >= 0.6 is 0 Å². The minimum Gasteiger partial charge on any atom is -0.248 e. The number of rotatable bonds is 4. The number of nitriles is 1. The van der Waals surface area contributed by atoms with Gasteiger partial charge in [-0.2, -0.15) is 5.26 Å². The third-order valence-corrected chi connectivity index (χ3v) is 4.11. The predicted octanol–water partition coefficient (Wildman–Crippen LogP) is 3.81. The number of nitrogens with zero attached hydrogens (tertiary/aromatic N) is 5. The summed E-state index contributed by atoms with van der Waals surface area (Å²) >= 11 is 0. The Morgan fingerprint density at radius 1 is 0.958 bits per heavy atom. The summed E-state index contributed by atoms with van der Waals surface area (Å²) < 4.78 is 1.89. The summed E-state index contributed by atoms with van der Waals surface area (Å²) in [4.78, 5) is 4.75. The van der Waals surface area contributed by atoms with Gasteiger partial charge in [-0.15, -0.1) is 5.10 Å². The Morgan fingerprint density at radius 3 is 2.29 bits per heavy atom. The lowest BCUT2D eigenvalue weighted by Gasteiger charge is -2.12. The van der Waals surface area contributed by atoms with E-state index in [2.05, 4.69) is 28.5 Å². The second-order valence-corrected chi connectivity index (χ2v) is 5.64. The molecular formula is C19H15N5. The first-order chi connectivity index (χ1) is 11.9. The lowest BCUT2D eigenvalue weighted by atomic mass is 10.1. The highest BCUT2D eigenvalue weighted by atomic mass is 15.4. The molecule has 0 radical (unpaired) electrons.